The number of nitrogens with one attached hydrogen (secondary N) is 2. The largest absolute Gasteiger partial charge is 0.508 e. The number of aromatic hydroxyl groups is 1. The van der Waals surface area contributed by atoms with Crippen molar-refractivity contribution in [2.24, 2.45) is 10.7 Å². The van der Waals surface area contributed by atoms with E-state index in [1.165, 1.54) is 22.9 Å². The van der Waals surface area contributed by atoms with E-state index in [1.807, 2.05) is 13.8 Å². The number of nitrogens with two attached hydrogens (primary N) is 2. The second-order valence-electron chi connectivity index (χ2n) is 9.71. The van der Waals surface area contributed by atoms with Gasteiger partial charge in [-0.3, -0.25) is 14.2 Å². The first-order valence-corrected chi connectivity index (χ1v) is 14.8. The minimum atomic E-state index is -3.28. The number of aromatic nitrogens is 2. The fourth-order valence-corrected chi connectivity index (χ4v) is 4.09. The van der Waals surface area contributed by atoms with E-state index in [0.717, 1.165) is 6.26 Å². The van der Waals surface area contributed by atoms with E-state index in [-0.39, 0.29) is 54.6 Å². The van der Waals surface area contributed by atoms with Crippen LogP contribution in [0, 0.1) is 0 Å². The Balaban J connectivity index is 1.70. The molecule has 2 aromatic carbocycles. The summed E-state index contributed by atoms with van der Waals surface area (Å²) >= 11 is 0. The third-order valence-corrected chi connectivity index (χ3v) is 6.56. The topological polar surface area (TPSA) is 221 Å². The number of carbonyl (C=O) groups excluding carboxylic acids is 2. The van der Waals surface area contributed by atoms with Gasteiger partial charge in [-0.15, -0.1) is 0 Å². The third kappa shape index (κ3) is 9.33. The first-order valence-electron chi connectivity index (χ1n) is 12.7. The number of ether oxygens (including phenoxy) is 1. The smallest absolute Gasteiger partial charge is 0.435 e. The van der Waals surface area contributed by atoms with E-state index in [4.69, 9.17) is 16.2 Å². The van der Waals surface area contributed by atoms with Gasteiger partial charge in [0.25, 0.3) is 5.56 Å². The maximum absolute atomic E-state index is 13.2. The van der Waals surface area contributed by atoms with Crippen molar-refractivity contribution in [3.8, 4) is 17.0 Å². The number of phenolic OH excluding ortho intramolecular Hbond substituents is 1. The van der Waals surface area contributed by atoms with Crippen LogP contribution in [0.15, 0.2) is 58.4 Å². The summed E-state index contributed by atoms with van der Waals surface area (Å²) in [5, 5.41) is 15.7. The molecule has 7 N–H and O–H groups in total. The second-order valence-corrected chi connectivity index (χ2v) is 12.0. The number of anilines is 2. The summed E-state index contributed by atoms with van der Waals surface area (Å²) in [6, 6.07) is 10.8. The molecule has 1 heterocycles. The molecule has 0 radical (unpaired) electrons. The number of hydrogen-bond donors (Lipinski definition) is 5. The van der Waals surface area contributed by atoms with Gasteiger partial charge in [0.2, 0.25) is 5.91 Å². The van der Waals surface area contributed by atoms with Gasteiger partial charge >= 0.3 is 6.09 Å². The number of phenols is 1. The third-order valence-electron chi connectivity index (χ3n) is 5.65. The molecule has 42 heavy (non-hydrogen) atoms. The lowest BCUT2D eigenvalue weighted by Gasteiger charge is -2.16. The van der Waals surface area contributed by atoms with E-state index in [0.29, 0.717) is 22.4 Å². The number of amidine groups is 1. The molecule has 0 unspecified atom stereocenters. The lowest BCUT2D eigenvalue weighted by atomic mass is 10.1. The number of hydrogen-bond acceptors (Lipinski definition) is 10. The van der Waals surface area contributed by atoms with Gasteiger partial charge in [0, 0.05) is 41.7 Å². The van der Waals surface area contributed by atoms with Gasteiger partial charge in [0.05, 0.1) is 17.6 Å². The summed E-state index contributed by atoms with van der Waals surface area (Å²) in [7, 11) is -3.28. The molecule has 1 aromatic heterocycles. The zero-order valence-corrected chi connectivity index (χ0v) is 24.1. The molecule has 0 aliphatic heterocycles. The first kappa shape index (κ1) is 31.6. The summed E-state index contributed by atoms with van der Waals surface area (Å²) in [5.41, 5.74) is 13.3. The molecule has 0 atom stereocenters. The summed E-state index contributed by atoms with van der Waals surface area (Å²) in [5.74, 6) is -0.945. The molecule has 0 bridgehead atoms. The molecule has 15 heteroatoms. The van der Waals surface area contributed by atoms with Crippen LogP contribution in [0.3, 0.4) is 0 Å². The van der Waals surface area contributed by atoms with Gasteiger partial charge in [-0.2, -0.15) is 4.99 Å². The zero-order valence-electron chi connectivity index (χ0n) is 23.3. The van der Waals surface area contributed by atoms with E-state index in [9.17, 15) is 27.9 Å². The van der Waals surface area contributed by atoms with Crippen LogP contribution in [0.1, 0.15) is 25.0 Å². The van der Waals surface area contributed by atoms with Crippen molar-refractivity contribution >= 4 is 39.2 Å². The highest BCUT2D eigenvalue weighted by Crippen LogP contribution is 2.26. The molecule has 0 fully saturated rings. The normalized spacial score (nSPS) is 11.8. The number of sulfone groups is 1. The quantitative estimate of drug-likeness (QED) is 0.120. The van der Waals surface area contributed by atoms with Crippen LogP contribution in [0.2, 0.25) is 0 Å². The number of aliphatic imine (C=N–C) groups is 1. The van der Waals surface area contributed by atoms with Crippen molar-refractivity contribution in [3.05, 3.63) is 70.1 Å². The standard InChI is InChI=1S/C27H33N7O7S/c1-16(2)32-25-26(37)34(22(14-31-25)19-10-20(28)12-21(35)11-19)15-23(36)30-13-17-4-6-18(7-5-17)24(29)33-27(38)41-8-9-42(3,39)40/h4-7,10-12,14,16,35H,8-9,13,15,28H2,1-3H3,(H,30,36)(H,31,32)(H2,29,33,38). The fourth-order valence-electron chi connectivity index (χ4n) is 3.70. The van der Waals surface area contributed by atoms with Crippen LogP contribution in [-0.4, -0.2) is 65.6 Å². The van der Waals surface area contributed by atoms with Gasteiger partial charge in [0.15, 0.2) is 15.7 Å². The Kier molecular flexibility index (Phi) is 10.3. The van der Waals surface area contributed by atoms with Crippen LogP contribution < -0.4 is 27.7 Å². The van der Waals surface area contributed by atoms with Crippen molar-refractivity contribution in [1.29, 1.82) is 0 Å². The molecule has 0 saturated carbocycles. The van der Waals surface area contributed by atoms with E-state index < -0.39 is 27.4 Å². The van der Waals surface area contributed by atoms with Gasteiger partial charge in [0.1, 0.15) is 24.7 Å². The van der Waals surface area contributed by atoms with Crippen molar-refractivity contribution < 1.29 is 27.9 Å². The van der Waals surface area contributed by atoms with E-state index in [1.54, 1.807) is 30.3 Å². The molecule has 0 aliphatic carbocycles. The Hall–Kier alpha value is -4.92. The Bertz CT molecular complexity index is 1630. The second kappa shape index (κ2) is 13.6. The molecular formula is C27H33N7O7S. The van der Waals surface area contributed by atoms with Gasteiger partial charge < -0.3 is 31.9 Å². The predicted molar refractivity (Wildman–Crippen MR) is 159 cm³/mol. The SMILES string of the molecule is CC(C)Nc1ncc(-c2cc(N)cc(O)c2)n(CC(=O)NCc2ccc(/C(N)=N/C(=O)OCCS(C)(=O)=O)cc2)c1=O. The Morgan fingerprint density at radius 1 is 1.17 bits per heavy atom. The minimum Gasteiger partial charge on any atom is -0.508 e. The Labute approximate surface area is 242 Å². The monoisotopic (exact) mass is 599 g/mol. The number of benzene rings is 2. The predicted octanol–water partition coefficient (Wildman–Crippen LogP) is 1.22. The first-order chi connectivity index (χ1) is 19.7. The van der Waals surface area contributed by atoms with E-state index >= 15 is 0 Å². The molecular weight excluding hydrogens is 566 g/mol. The van der Waals surface area contributed by atoms with Gasteiger partial charge in [-0.1, -0.05) is 24.3 Å². The molecule has 3 rings (SSSR count). The fraction of sp³-hybridized carbons (Fsp3) is 0.296. The number of nitrogens with zero attached hydrogens (tertiary/aromatic N) is 3. The number of nitrogen functional groups attached to an aromatic ring is 1. The Morgan fingerprint density at radius 2 is 1.86 bits per heavy atom. The maximum Gasteiger partial charge on any atom is 0.435 e. The number of rotatable bonds is 11. The molecule has 14 nitrogen and oxygen atoms in total. The van der Waals surface area contributed by atoms with Gasteiger partial charge in [-0.05, 0) is 31.5 Å². The minimum absolute atomic E-state index is 0.0730. The maximum atomic E-state index is 13.2. The molecule has 0 saturated heterocycles. The average Bonchev–Trinajstić information content (AvgIpc) is 2.88. The zero-order chi connectivity index (χ0) is 31.0. The van der Waals surface area contributed by atoms with Crippen LogP contribution in [0.4, 0.5) is 16.3 Å². The summed E-state index contributed by atoms with van der Waals surface area (Å²) in [6.45, 7) is 3.14. The molecule has 3 aromatic rings. The van der Waals surface area contributed by atoms with Crippen LogP contribution in [-0.2, 0) is 32.5 Å². The lowest BCUT2D eigenvalue weighted by Crippen LogP contribution is -2.35. The van der Waals surface area contributed by atoms with Crippen LogP contribution in [0.5, 0.6) is 5.75 Å². The van der Waals surface area contributed by atoms with Crippen LogP contribution in [0.25, 0.3) is 11.3 Å². The lowest BCUT2D eigenvalue weighted by molar-refractivity contribution is -0.121. The summed E-state index contributed by atoms with van der Waals surface area (Å²) in [4.78, 5) is 45.7. The summed E-state index contributed by atoms with van der Waals surface area (Å²) < 4.78 is 28.2. The molecule has 0 aliphatic rings. The van der Waals surface area contributed by atoms with Crippen molar-refractivity contribution in [3.63, 3.8) is 0 Å². The van der Waals surface area contributed by atoms with Crippen LogP contribution >= 0.6 is 0 Å². The number of amides is 2. The van der Waals surface area contributed by atoms with Gasteiger partial charge in [-0.25, -0.2) is 18.2 Å². The average molecular weight is 600 g/mol. The van der Waals surface area contributed by atoms with E-state index in [2.05, 4.69) is 20.6 Å². The highest BCUT2D eigenvalue weighted by molar-refractivity contribution is 7.90. The van der Waals surface area contributed by atoms with Crippen molar-refractivity contribution in [1.82, 2.24) is 14.9 Å². The Morgan fingerprint density at radius 3 is 2.48 bits per heavy atom. The van der Waals surface area contributed by atoms with Crippen molar-refractivity contribution in [2.75, 3.05) is 29.7 Å². The molecule has 0 spiro atoms. The highest BCUT2D eigenvalue weighted by atomic mass is 32.2. The van der Waals surface area contributed by atoms with Crippen molar-refractivity contribution in [2.45, 2.75) is 33.0 Å². The number of carbonyl (C=O) groups is 2. The molecule has 224 valence electrons. The highest BCUT2D eigenvalue weighted by Gasteiger charge is 2.17. The molecule has 2 amide bonds. The summed E-state index contributed by atoms with van der Waals surface area (Å²) in [6.07, 6.45) is 1.44.